The molecule has 0 saturated heterocycles. The van der Waals surface area contributed by atoms with Crippen molar-refractivity contribution in [3.05, 3.63) is 54.1 Å². The molecule has 0 N–H and O–H groups in total. The Morgan fingerprint density at radius 2 is 1.77 bits per heavy atom. The number of nitrogens with zero attached hydrogens (tertiary/aromatic N) is 1. The van der Waals surface area contributed by atoms with E-state index in [4.69, 9.17) is 13.6 Å². The zero-order chi connectivity index (χ0) is 15.8. The summed E-state index contributed by atoms with van der Waals surface area (Å²) in [7, 11) is -1.33. The molecule has 22 heavy (non-hydrogen) atoms. The SMILES string of the molecule is CCOP(OCC)OCc1ccc(-c2cccc(F)c2)cn1. The molecule has 0 saturated carbocycles. The number of hydrogen-bond donors (Lipinski definition) is 0. The summed E-state index contributed by atoms with van der Waals surface area (Å²) in [4.78, 5) is 4.33. The monoisotopic (exact) mass is 323 g/mol. The molecule has 0 aliphatic rings. The van der Waals surface area contributed by atoms with Crippen LogP contribution in [0.2, 0.25) is 0 Å². The fraction of sp³-hybridized carbons (Fsp3) is 0.312. The molecule has 0 aliphatic heterocycles. The summed E-state index contributed by atoms with van der Waals surface area (Å²) >= 11 is 0. The number of hydrogen-bond acceptors (Lipinski definition) is 4. The molecule has 0 aliphatic carbocycles. The van der Waals surface area contributed by atoms with Crippen LogP contribution in [-0.2, 0) is 20.2 Å². The highest BCUT2D eigenvalue weighted by molar-refractivity contribution is 7.41. The molecule has 1 aromatic heterocycles. The van der Waals surface area contributed by atoms with Gasteiger partial charge in [-0.1, -0.05) is 18.2 Å². The lowest BCUT2D eigenvalue weighted by Gasteiger charge is -2.14. The van der Waals surface area contributed by atoms with Crippen LogP contribution >= 0.6 is 8.60 Å². The molecule has 2 rings (SSSR count). The highest BCUT2D eigenvalue weighted by atomic mass is 31.2. The maximum absolute atomic E-state index is 13.2. The van der Waals surface area contributed by atoms with Gasteiger partial charge in [0.2, 0.25) is 0 Å². The van der Waals surface area contributed by atoms with E-state index in [1.54, 1.807) is 12.3 Å². The van der Waals surface area contributed by atoms with Crippen molar-refractivity contribution in [3.8, 4) is 11.1 Å². The van der Waals surface area contributed by atoms with Gasteiger partial charge in [-0.15, -0.1) is 0 Å². The first-order valence-corrected chi connectivity index (χ1v) is 8.22. The lowest BCUT2D eigenvalue weighted by Crippen LogP contribution is -1.97. The van der Waals surface area contributed by atoms with E-state index in [-0.39, 0.29) is 5.82 Å². The zero-order valence-corrected chi connectivity index (χ0v) is 13.6. The first kappa shape index (κ1) is 17.0. The number of halogens is 1. The highest BCUT2D eigenvalue weighted by Gasteiger charge is 2.11. The molecule has 0 fully saturated rings. The molecule has 0 bridgehead atoms. The second kappa shape index (κ2) is 8.91. The van der Waals surface area contributed by atoms with E-state index in [0.717, 1.165) is 16.8 Å². The summed E-state index contributed by atoms with van der Waals surface area (Å²) in [6.45, 7) is 5.18. The number of rotatable bonds is 8. The molecule has 0 atom stereocenters. The van der Waals surface area contributed by atoms with Gasteiger partial charge in [0, 0.05) is 11.8 Å². The second-order valence-electron chi connectivity index (χ2n) is 4.38. The Labute approximate surface area is 131 Å². The average Bonchev–Trinajstić information content (AvgIpc) is 2.53. The molecular formula is C16H19FNO3P. The Kier molecular flexibility index (Phi) is 6.87. The maximum Gasteiger partial charge on any atom is 0.333 e. The van der Waals surface area contributed by atoms with Gasteiger partial charge in [0.15, 0.2) is 0 Å². The largest absolute Gasteiger partial charge is 0.333 e. The van der Waals surface area contributed by atoms with Gasteiger partial charge in [-0.25, -0.2) is 4.39 Å². The summed E-state index contributed by atoms with van der Waals surface area (Å²) in [5.74, 6) is -0.260. The molecular weight excluding hydrogens is 304 g/mol. The predicted molar refractivity (Wildman–Crippen MR) is 84.6 cm³/mol. The molecule has 0 radical (unpaired) electrons. The minimum absolute atomic E-state index is 0.260. The minimum Gasteiger partial charge on any atom is -0.313 e. The summed E-state index contributed by atoms with van der Waals surface area (Å²) in [5, 5.41) is 0. The van der Waals surface area contributed by atoms with Crippen molar-refractivity contribution in [2.75, 3.05) is 13.2 Å². The zero-order valence-electron chi connectivity index (χ0n) is 12.7. The standard InChI is InChI=1S/C16H19FNO3P/c1-3-19-22(20-4-2)21-12-16-9-8-14(11-18-16)13-6-5-7-15(17)10-13/h5-11H,3-4,12H2,1-2H3. The van der Waals surface area contributed by atoms with E-state index in [2.05, 4.69) is 4.98 Å². The molecule has 1 heterocycles. The minimum atomic E-state index is -1.33. The van der Waals surface area contributed by atoms with Crippen molar-refractivity contribution in [3.63, 3.8) is 0 Å². The summed E-state index contributed by atoms with van der Waals surface area (Å²) < 4.78 is 29.5. The van der Waals surface area contributed by atoms with Crippen molar-refractivity contribution in [2.24, 2.45) is 0 Å². The van der Waals surface area contributed by atoms with Crippen molar-refractivity contribution in [1.29, 1.82) is 0 Å². The van der Waals surface area contributed by atoms with Gasteiger partial charge in [0.25, 0.3) is 0 Å². The van der Waals surface area contributed by atoms with Crippen LogP contribution in [0.5, 0.6) is 0 Å². The normalized spacial score (nSPS) is 11.1. The predicted octanol–water partition coefficient (Wildman–Crippen LogP) is 4.70. The maximum atomic E-state index is 13.2. The third-order valence-electron chi connectivity index (χ3n) is 2.77. The molecule has 118 valence electrons. The van der Waals surface area contributed by atoms with E-state index in [9.17, 15) is 4.39 Å². The smallest absolute Gasteiger partial charge is 0.313 e. The quantitative estimate of drug-likeness (QED) is 0.660. The van der Waals surface area contributed by atoms with Gasteiger partial charge >= 0.3 is 8.60 Å². The van der Waals surface area contributed by atoms with Crippen molar-refractivity contribution in [1.82, 2.24) is 4.98 Å². The van der Waals surface area contributed by atoms with Gasteiger partial charge < -0.3 is 13.6 Å². The summed E-state index contributed by atoms with van der Waals surface area (Å²) in [6, 6.07) is 10.2. The van der Waals surface area contributed by atoms with Gasteiger partial charge in [0.05, 0.1) is 25.5 Å². The molecule has 6 heteroatoms. The van der Waals surface area contributed by atoms with Crippen LogP contribution < -0.4 is 0 Å². The van der Waals surface area contributed by atoms with Crippen LogP contribution in [0.1, 0.15) is 19.5 Å². The Balaban J connectivity index is 1.97. The molecule has 0 amide bonds. The first-order valence-electron chi connectivity index (χ1n) is 7.12. The van der Waals surface area contributed by atoms with Crippen LogP contribution in [0.4, 0.5) is 4.39 Å². The van der Waals surface area contributed by atoms with Crippen molar-refractivity contribution < 1.29 is 18.0 Å². The van der Waals surface area contributed by atoms with Gasteiger partial charge in [-0.05, 0) is 37.6 Å². The third-order valence-corrected chi connectivity index (χ3v) is 4.05. The molecule has 2 aromatic rings. The molecule has 4 nitrogen and oxygen atoms in total. The number of aromatic nitrogens is 1. The van der Waals surface area contributed by atoms with E-state index in [1.165, 1.54) is 12.1 Å². The van der Waals surface area contributed by atoms with E-state index in [1.807, 2.05) is 32.0 Å². The summed E-state index contributed by atoms with van der Waals surface area (Å²) in [6.07, 6.45) is 1.71. The first-order chi connectivity index (χ1) is 10.7. The summed E-state index contributed by atoms with van der Waals surface area (Å²) in [5.41, 5.74) is 2.43. The fourth-order valence-corrected chi connectivity index (χ4v) is 2.67. The van der Waals surface area contributed by atoms with Crippen LogP contribution in [0.15, 0.2) is 42.6 Å². The number of pyridine rings is 1. The van der Waals surface area contributed by atoms with Crippen LogP contribution in [0, 0.1) is 5.82 Å². The molecule has 1 aromatic carbocycles. The Morgan fingerprint density at radius 1 is 1.00 bits per heavy atom. The second-order valence-corrected chi connectivity index (χ2v) is 5.60. The highest BCUT2D eigenvalue weighted by Crippen LogP contribution is 2.40. The Hall–Kier alpha value is -1.39. The van der Waals surface area contributed by atoms with Gasteiger partial charge in [-0.3, -0.25) is 4.98 Å². The van der Waals surface area contributed by atoms with Crippen LogP contribution in [-0.4, -0.2) is 18.2 Å². The van der Waals surface area contributed by atoms with Crippen LogP contribution in [0.3, 0.4) is 0 Å². The third kappa shape index (κ3) is 5.11. The van der Waals surface area contributed by atoms with Crippen molar-refractivity contribution >= 4 is 8.60 Å². The lowest BCUT2D eigenvalue weighted by atomic mass is 10.1. The van der Waals surface area contributed by atoms with E-state index in [0.29, 0.717) is 19.8 Å². The molecule has 0 unspecified atom stereocenters. The Bertz CT molecular complexity index is 574. The number of benzene rings is 1. The van der Waals surface area contributed by atoms with E-state index < -0.39 is 8.60 Å². The van der Waals surface area contributed by atoms with Crippen molar-refractivity contribution in [2.45, 2.75) is 20.5 Å². The fourth-order valence-electron chi connectivity index (χ4n) is 1.79. The Morgan fingerprint density at radius 3 is 2.36 bits per heavy atom. The van der Waals surface area contributed by atoms with Gasteiger partial charge in [-0.2, -0.15) is 0 Å². The molecule has 0 spiro atoms. The topological polar surface area (TPSA) is 40.6 Å². The van der Waals surface area contributed by atoms with Gasteiger partial charge in [0.1, 0.15) is 5.82 Å². The lowest BCUT2D eigenvalue weighted by molar-refractivity contribution is 0.163. The van der Waals surface area contributed by atoms with E-state index >= 15 is 0 Å². The van der Waals surface area contributed by atoms with Crippen LogP contribution in [0.25, 0.3) is 11.1 Å². The average molecular weight is 323 g/mol.